The van der Waals surface area contributed by atoms with Crippen molar-refractivity contribution in [3.05, 3.63) is 48.8 Å². The van der Waals surface area contributed by atoms with Crippen molar-refractivity contribution in [1.29, 1.82) is 0 Å². The van der Waals surface area contributed by atoms with Crippen LogP contribution in [-0.2, 0) is 0 Å². The van der Waals surface area contributed by atoms with Crippen molar-refractivity contribution in [1.82, 2.24) is 19.5 Å². The Morgan fingerprint density at radius 1 is 1.03 bits per heavy atom. The number of benzene rings is 1. The molecule has 4 heterocycles. The van der Waals surface area contributed by atoms with E-state index in [4.69, 9.17) is 9.47 Å². The zero-order valence-electron chi connectivity index (χ0n) is 17.3. The fourth-order valence-electron chi connectivity index (χ4n) is 3.77. The quantitative estimate of drug-likeness (QED) is 0.693. The van der Waals surface area contributed by atoms with Gasteiger partial charge in [-0.25, -0.2) is 15.0 Å². The number of rotatable bonds is 4. The van der Waals surface area contributed by atoms with E-state index in [9.17, 15) is 4.79 Å². The van der Waals surface area contributed by atoms with Gasteiger partial charge in [-0.3, -0.25) is 9.36 Å². The second kappa shape index (κ2) is 8.25. The molecule has 0 bridgehead atoms. The lowest BCUT2D eigenvalue weighted by atomic mass is 9.99. The Kier molecular flexibility index (Phi) is 5.15. The summed E-state index contributed by atoms with van der Waals surface area (Å²) in [4.78, 5) is 28.0. The first-order chi connectivity index (χ1) is 15.2. The minimum Gasteiger partial charge on any atom is -0.486 e. The SMILES string of the molecule is CC1CCN(c2cc(-n3cnc(C(=O)Nc4ccc5c(c4)OCCO5)c3)ncn2)CC1. The second-order valence-corrected chi connectivity index (χ2v) is 7.88. The summed E-state index contributed by atoms with van der Waals surface area (Å²) in [6.07, 6.45) is 7.13. The van der Waals surface area contributed by atoms with E-state index in [2.05, 4.69) is 32.1 Å². The summed E-state index contributed by atoms with van der Waals surface area (Å²) < 4.78 is 12.8. The summed E-state index contributed by atoms with van der Waals surface area (Å²) in [5, 5.41) is 2.85. The first kappa shape index (κ1) is 19.3. The van der Waals surface area contributed by atoms with Crippen LogP contribution in [0.3, 0.4) is 0 Å². The van der Waals surface area contributed by atoms with E-state index in [1.807, 2.05) is 6.07 Å². The molecule has 3 aromatic rings. The molecular weight excluding hydrogens is 396 g/mol. The van der Waals surface area contributed by atoms with Crippen LogP contribution in [0.1, 0.15) is 30.3 Å². The molecule has 9 nitrogen and oxygen atoms in total. The second-order valence-electron chi connectivity index (χ2n) is 7.88. The number of hydrogen-bond donors (Lipinski definition) is 1. The molecule has 5 rings (SSSR count). The summed E-state index contributed by atoms with van der Waals surface area (Å²) in [6.45, 7) is 5.28. The highest BCUT2D eigenvalue weighted by Gasteiger charge is 2.18. The number of amides is 1. The molecule has 1 N–H and O–H groups in total. The molecule has 0 spiro atoms. The molecule has 2 aromatic heterocycles. The number of piperidine rings is 1. The Morgan fingerprint density at radius 2 is 1.81 bits per heavy atom. The zero-order chi connectivity index (χ0) is 21.2. The van der Waals surface area contributed by atoms with Gasteiger partial charge in [0.2, 0.25) is 0 Å². The Labute approximate surface area is 180 Å². The van der Waals surface area contributed by atoms with E-state index in [0.717, 1.165) is 37.7 Å². The third-order valence-electron chi connectivity index (χ3n) is 5.63. The molecule has 1 fully saturated rings. The van der Waals surface area contributed by atoms with Crippen LogP contribution in [0.5, 0.6) is 11.5 Å². The van der Waals surface area contributed by atoms with E-state index in [1.165, 1.54) is 0 Å². The van der Waals surface area contributed by atoms with Gasteiger partial charge in [0.05, 0.1) is 0 Å². The lowest BCUT2D eigenvalue weighted by Gasteiger charge is -2.31. The molecule has 160 valence electrons. The van der Waals surface area contributed by atoms with Crippen LogP contribution in [0.2, 0.25) is 0 Å². The number of aromatic nitrogens is 4. The lowest BCUT2D eigenvalue weighted by molar-refractivity contribution is 0.102. The Bertz CT molecular complexity index is 1090. The summed E-state index contributed by atoms with van der Waals surface area (Å²) in [6, 6.07) is 7.24. The molecule has 2 aliphatic heterocycles. The number of ether oxygens (including phenoxy) is 2. The summed E-state index contributed by atoms with van der Waals surface area (Å²) in [5.74, 6) is 3.31. The van der Waals surface area contributed by atoms with Crippen molar-refractivity contribution in [2.75, 3.05) is 36.5 Å². The van der Waals surface area contributed by atoms with Crippen molar-refractivity contribution in [3.8, 4) is 17.3 Å². The minimum absolute atomic E-state index is 0.293. The van der Waals surface area contributed by atoms with Crippen molar-refractivity contribution in [3.63, 3.8) is 0 Å². The van der Waals surface area contributed by atoms with Crippen LogP contribution in [0.15, 0.2) is 43.1 Å². The van der Waals surface area contributed by atoms with Gasteiger partial charge < -0.3 is 19.7 Å². The maximum atomic E-state index is 12.7. The normalized spacial score (nSPS) is 16.2. The maximum Gasteiger partial charge on any atom is 0.275 e. The van der Waals surface area contributed by atoms with Gasteiger partial charge in [-0.2, -0.15) is 0 Å². The van der Waals surface area contributed by atoms with E-state index < -0.39 is 0 Å². The van der Waals surface area contributed by atoms with Crippen LogP contribution in [0.4, 0.5) is 11.5 Å². The van der Waals surface area contributed by atoms with E-state index in [0.29, 0.717) is 41.9 Å². The molecule has 0 saturated carbocycles. The first-order valence-corrected chi connectivity index (χ1v) is 10.5. The van der Waals surface area contributed by atoms with Gasteiger partial charge >= 0.3 is 0 Å². The summed E-state index contributed by atoms with van der Waals surface area (Å²) in [5.41, 5.74) is 0.911. The van der Waals surface area contributed by atoms with Crippen LogP contribution >= 0.6 is 0 Å². The Hall–Kier alpha value is -3.62. The van der Waals surface area contributed by atoms with Gasteiger partial charge in [0, 0.05) is 37.1 Å². The topological polar surface area (TPSA) is 94.4 Å². The van der Waals surface area contributed by atoms with Gasteiger partial charge in [0.15, 0.2) is 11.5 Å². The smallest absolute Gasteiger partial charge is 0.275 e. The fraction of sp³-hybridized carbons (Fsp3) is 0.364. The number of carbonyl (C=O) groups excluding carboxylic acids is 1. The fourth-order valence-corrected chi connectivity index (χ4v) is 3.77. The molecule has 31 heavy (non-hydrogen) atoms. The Balaban J connectivity index is 1.30. The molecular formula is C22H24N6O3. The number of nitrogens with zero attached hydrogens (tertiary/aromatic N) is 5. The zero-order valence-corrected chi connectivity index (χ0v) is 17.3. The van der Waals surface area contributed by atoms with Crippen LogP contribution in [-0.4, -0.2) is 51.7 Å². The molecule has 2 aliphatic rings. The van der Waals surface area contributed by atoms with Crippen molar-refractivity contribution in [2.24, 2.45) is 5.92 Å². The molecule has 1 saturated heterocycles. The van der Waals surface area contributed by atoms with Gasteiger partial charge in [-0.1, -0.05) is 6.92 Å². The number of hydrogen-bond acceptors (Lipinski definition) is 7. The molecule has 0 unspecified atom stereocenters. The molecule has 1 amide bonds. The van der Waals surface area contributed by atoms with Crippen molar-refractivity contribution >= 4 is 17.4 Å². The van der Waals surface area contributed by atoms with E-state index in [1.54, 1.807) is 41.6 Å². The predicted octanol–water partition coefficient (Wildman–Crippen LogP) is 2.92. The molecule has 9 heteroatoms. The van der Waals surface area contributed by atoms with Crippen LogP contribution in [0, 0.1) is 5.92 Å². The van der Waals surface area contributed by atoms with Gasteiger partial charge in [0.25, 0.3) is 5.91 Å². The standard InChI is InChI=1S/C22H24N6O3/c1-15-4-6-27(7-5-15)20-11-21(24-13-23-20)28-12-17(25-14-28)22(29)26-16-2-3-18-19(10-16)31-9-8-30-18/h2-3,10-15H,4-9H2,1H3,(H,26,29). The molecule has 0 radical (unpaired) electrons. The maximum absolute atomic E-state index is 12.7. The summed E-state index contributed by atoms with van der Waals surface area (Å²) >= 11 is 0. The summed E-state index contributed by atoms with van der Waals surface area (Å²) in [7, 11) is 0. The van der Waals surface area contributed by atoms with Gasteiger partial charge in [0.1, 0.15) is 43.2 Å². The monoisotopic (exact) mass is 420 g/mol. The number of nitrogens with one attached hydrogen (secondary N) is 1. The predicted molar refractivity (Wildman–Crippen MR) is 115 cm³/mol. The molecule has 0 atom stereocenters. The lowest BCUT2D eigenvalue weighted by Crippen LogP contribution is -2.33. The average Bonchev–Trinajstić information content (AvgIpc) is 3.30. The number of imidazole rings is 1. The minimum atomic E-state index is -0.310. The number of anilines is 2. The molecule has 1 aromatic carbocycles. The van der Waals surface area contributed by atoms with Crippen molar-refractivity contribution < 1.29 is 14.3 Å². The third kappa shape index (κ3) is 4.16. The van der Waals surface area contributed by atoms with Crippen LogP contribution in [0.25, 0.3) is 5.82 Å². The highest BCUT2D eigenvalue weighted by Crippen LogP contribution is 2.32. The van der Waals surface area contributed by atoms with Gasteiger partial charge in [-0.15, -0.1) is 0 Å². The first-order valence-electron chi connectivity index (χ1n) is 10.5. The highest BCUT2D eigenvalue weighted by atomic mass is 16.6. The highest BCUT2D eigenvalue weighted by molar-refractivity contribution is 6.02. The van der Waals surface area contributed by atoms with Crippen LogP contribution < -0.4 is 19.7 Å². The van der Waals surface area contributed by atoms with Gasteiger partial charge in [-0.05, 0) is 30.9 Å². The Morgan fingerprint density at radius 3 is 2.65 bits per heavy atom. The van der Waals surface area contributed by atoms with Crippen molar-refractivity contribution in [2.45, 2.75) is 19.8 Å². The number of fused-ring (bicyclic) bond motifs is 1. The van der Waals surface area contributed by atoms with E-state index >= 15 is 0 Å². The van der Waals surface area contributed by atoms with E-state index in [-0.39, 0.29) is 5.91 Å². The largest absolute Gasteiger partial charge is 0.486 e. The number of carbonyl (C=O) groups is 1. The average molecular weight is 420 g/mol. The third-order valence-corrected chi connectivity index (χ3v) is 5.63. The molecule has 0 aliphatic carbocycles.